The fourth-order valence-corrected chi connectivity index (χ4v) is 4.96. The van der Waals surface area contributed by atoms with Crippen LogP contribution < -0.4 is 10.5 Å². The molecule has 3 heterocycles. The number of ether oxygens (including phenoxy) is 1. The summed E-state index contributed by atoms with van der Waals surface area (Å²) in [6, 6.07) is 15.2. The highest BCUT2D eigenvalue weighted by atomic mass is 19.1. The van der Waals surface area contributed by atoms with E-state index >= 15 is 0 Å². The number of nitrogens with zero attached hydrogens (tertiary/aromatic N) is 6. The van der Waals surface area contributed by atoms with Crippen molar-refractivity contribution in [3.8, 4) is 28.8 Å². The van der Waals surface area contributed by atoms with Crippen LogP contribution in [0.3, 0.4) is 0 Å². The Bertz CT molecular complexity index is 1620. The zero-order valence-corrected chi connectivity index (χ0v) is 21.1. The second-order valence-corrected chi connectivity index (χ2v) is 9.91. The molecule has 1 aliphatic heterocycles. The highest BCUT2D eigenvalue weighted by molar-refractivity contribution is 5.99. The zero-order chi connectivity index (χ0) is 26.9. The second kappa shape index (κ2) is 10.2. The van der Waals surface area contributed by atoms with E-state index in [1.54, 1.807) is 29.2 Å². The molecule has 1 amide bonds. The molecule has 0 spiro atoms. The number of nitriles is 1. The minimum absolute atomic E-state index is 0.135. The number of nitrogens with two attached hydrogens (primary N) is 1. The lowest BCUT2D eigenvalue weighted by Crippen LogP contribution is -2.41. The van der Waals surface area contributed by atoms with E-state index in [0.29, 0.717) is 53.1 Å². The van der Waals surface area contributed by atoms with Crippen LogP contribution in [0.1, 0.15) is 31.7 Å². The number of piperidine rings is 1. The molecule has 2 fully saturated rings. The number of aromatic nitrogens is 4. The number of nitrogen functional groups attached to an aromatic ring is 1. The number of allylic oxidation sites excluding steroid dienone is 1. The van der Waals surface area contributed by atoms with Crippen LogP contribution in [0.2, 0.25) is 0 Å². The van der Waals surface area contributed by atoms with Crippen LogP contribution in [-0.4, -0.2) is 43.6 Å². The van der Waals surface area contributed by atoms with Crippen molar-refractivity contribution < 1.29 is 13.9 Å². The molecule has 2 aromatic carbocycles. The van der Waals surface area contributed by atoms with Crippen LogP contribution in [0.4, 0.5) is 10.2 Å². The van der Waals surface area contributed by atoms with Crippen molar-refractivity contribution in [3.05, 3.63) is 72.3 Å². The van der Waals surface area contributed by atoms with Gasteiger partial charge in [-0.15, -0.1) is 0 Å². The lowest BCUT2D eigenvalue weighted by molar-refractivity contribution is -0.128. The van der Waals surface area contributed by atoms with Crippen molar-refractivity contribution in [2.24, 2.45) is 5.92 Å². The number of anilines is 1. The molecule has 6 rings (SSSR count). The molecule has 2 aliphatic rings. The summed E-state index contributed by atoms with van der Waals surface area (Å²) in [6.07, 6.45) is 6.86. The minimum Gasteiger partial charge on any atom is -0.457 e. The molecule has 2 N–H and O–H groups in total. The van der Waals surface area contributed by atoms with Gasteiger partial charge in [0.15, 0.2) is 5.65 Å². The number of hydrogen-bond acceptors (Lipinski definition) is 7. The number of likely N-dealkylation sites (tertiary alicyclic amines) is 1. The lowest BCUT2D eigenvalue weighted by Gasteiger charge is -2.32. The monoisotopic (exact) mass is 523 g/mol. The first-order valence-corrected chi connectivity index (χ1v) is 12.9. The molecular weight excluding hydrogens is 497 g/mol. The number of hydrogen-bond donors (Lipinski definition) is 1. The third-order valence-corrected chi connectivity index (χ3v) is 7.08. The van der Waals surface area contributed by atoms with Gasteiger partial charge in [0.25, 0.3) is 5.91 Å². The fourth-order valence-electron chi connectivity index (χ4n) is 4.96. The Kier molecular flexibility index (Phi) is 6.40. The molecule has 4 aromatic rings. The summed E-state index contributed by atoms with van der Waals surface area (Å²) in [5.74, 6) is 0.997. The van der Waals surface area contributed by atoms with Gasteiger partial charge in [0, 0.05) is 24.7 Å². The third kappa shape index (κ3) is 5.03. The number of rotatable bonds is 6. The van der Waals surface area contributed by atoms with E-state index in [4.69, 9.17) is 15.6 Å². The number of carbonyl (C=O) groups is 1. The molecule has 0 bridgehead atoms. The van der Waals surface area contributed by atoms with Gasteiger partial charge in [0.05, 0.1) is 11.4 Å². The Labute approximate surface area is 224 Å². The van der Waals surface area contributed by atoms with Gasteiger partial charge in [0.2, 0.25) is 0 Å². The maximum absolute atomic E-state index is 13.5. The van der Waals surface area contributed by atoms with Gasteiger partial charge in [-0.2, -0.15) is 10.4 Å². The Hall–Kier alpha value is -4.78. The highest BCUT2D eigenvalue weighted by Crippen LogP contribution is 2.35. The van der Waals surface area contributed by atoms with E-state index in [2.05, 4.69) is 16.0 Å². The van der Waals surface area contributed by atoms with Crippen molar-refractivity contribution in [1.29, 1.82) is 5.26 Å². The number of halogens is 1. The normalized spacial score (nSPS) is 17.7. The molecule has 9 nitrogen and oxygen atoms in total. The number of fused-ring (bicyclic) bond motifs is 1. The molecular formula is C29H26FN7O2. The zero-order valence-electron chi connectivity index (χ0n) is 21.1. The van der Waals surface area contributed by atoms with E-state index < -0.39 is 0 Å². The maximum atomic E-state index is 13.5. The molecule has 10 heteroatoms. The first kappa shape index (κ1) is 24.6. The quantitative estimate of drug-likeness (QED) is 0.278. The average molecular weight is 524 g/mol. The Morgan fingerprint density at radius 3 is 2.69 bits per heavy atom. The molecule has 0 radical (unpaired) electrons. The molecule has 196 valence electrons. The van der Waals surface area contributed by atoms with Crippen LogP contribution in [0.25, 0.3) is 22.3 Å². The van der Waals surface area contributed by atoms with Gasteiger partial charge in [-0.1, -0.05) is 12.1 Å². The fraction of sp³-hybridized carbons (Fsp3) is 0.276. The second-order valence-electron chi connectivity index (χ2n) is 9.91. The molecule has 0 unspecified atom stereocenters. The smallest absolute Gasteiger partial charge is 0.264 e. The van der Waals surface area contributed by atoms with Crippen LogP contribution in [0.15, 0.2) is 66.5 Å². The Morgan fingerprint density at radius 2 is 1.95 bits per heavy atom. The average Bonchev–Trinajstić information content (AvgIpc) is 3.69. The van der Waals surface area contributed by atoms with Gasteiger partial charge in [0.1, 0.15) is 46.8 Å². The predicted molar refractivity (Wildman–Crippen MR) is 143 cm³/mol. The molecule has 1 saturated carbocycles. The van der Waals surface area contributed by atoms with E-state index in [1.807, 2.05) is 22.9 Å². The van der Waals surface area contributed by atoms with E-state index in [9.17, 15) is 14.4 Å². The van der Waals surface area contributed by atoms with Gasteiger partial charge >= 0.3 is 0 Å². The minimum atomic E-state index is -0.373. The summed E-state index contributed by atoms with van der Waals surface area (Å²) < 4.78 is 21.1. The van der Waals surface area contributed by atoms with Crippen molar-refractivity contribution in [2.75, 3.05) is 18.8 Å². The molecule has 1 atom stereocenters. The highest BCUT2D eigenvalue weighted by Gasteiger charge is 2.31. The van der Waals surface area contributed by atoms with E-state index in [1.165, 1.54) is 18.5 Å². The summed E-state index contributed by atoms with van der Waals surface area (Å²) in [6.45, 7) is 1.01. The third-order valence-electron chi connectivity index (χ3n) is 7.08. The van der Waals surface area contributed by atoms with Gasteiger partial charge in [-0.25, -0.2) is 19.0 Å². The maximum Gasteiger partial charge on any atom is 0.264 e. The van der Waals surface area contributed by atoms with E-state index in [0.717, 1.165) is 31.2 Å². The Morgan fingerprint density at radius 1 is 1.13 bits per heavy atom. The van der Waals surface area contributed by atoms with Crippen molar-refractivity contribution >= 4 is 22.8 Å². The van der Waals surface area contributed by atoms with Gasteiger partial charge < -0.3 is 15.4 Å². The van der Waals surface area contributed by atoms with Crippen LogP contribution in [-0.2, 0) is 4.79 Å². The molecule has 39 heavy (non-hydrogen) atoms. The largest absolute Gasteiger partial charge is 0.457 e. The topological polar surface area (TPSA) is 123 Å². The number of amides is 1. The summed E-state index contributed by atoms with van der Waals surface area (Å²) in [5, 5.41) is 15.1. The van der Waals surface area contributed by atoms with Crippen LogP contribution in [0, 0.1) is 23.1 Å². The molecule has 2 aromatic heterocycles. The number of benzene rings is 2. The first-order chi connectivity index (χ1) is 19.0. The summed E-state index contributed by atoms with van der Waals surface area (Å²) in [5.41, 5.74) is 8.51. The Balaban J connectivity index is 1.29. The number of carbonyl (C=O) groups excluding carboxylic acids is 1. The summed E-state index contributed by atoms with van der Waals surface area (Å²) in [7, 11) is 0. The summed E-state index contributed by atoms with van der Waals surface area (Å²) in [4.78, 5) is 23.5. The summed E-state index contributed by atoms with van der Waals surface area (Å²) >= 11 is 0. The lowest BCUT2D eigenvalue weighted by atomic mass is 10.0. The molecule has 1 saturated heterocycles. The van der Waals surface area contributed by atoms with Crippen LogP contribution >= 0.6 is 0 Å². The van der Waals surface area contributed by atoms with Crippen LogP contribution in [0.5, 0.6) is 11.5 Å². The van der Waals surface area contributed by atoms with Gasteiger partial charge in [-0.05, 0) is 68.0 Å². The predicted octanol–water partition coefficient (Wildman–Crippen LogP) is 5.03. The SMILES string of the molecule is N#CC(=CC1CC1)C(=O)N1CCC[C@@H](n2nc(-c3ccc(Oc4cccc(F)c4)cc3)c3c(N)ncnc32)C1. The van der Waals surface area contributed by atoms with Crippen molar-refractivity contribution in [3.63, 3.8) is 0 Å². The standard InChI is InChI=1S/C29H26FN7O2/c30-21-3-1-5-24(14-21)39-23-10-8-19(9-11-23)26-25-27(32)33-17-34-28(25)37(35-26)22-4-2-12-36(16-22)29(38)20(15-31)13-18-6-7-18/h1,3,5,8-11,13-14,17-18,22H,2,4,6-7,12,16H2,(H2,32,33,34)/t22-/m1/s1. The van der Waals surface area contributed by atoms with Crippen molar-refractivity contribution in [2.45, 2.75) is 31.7 Å². The van der Waals surface area contributed by atoms with E-state index in [-0.39, 0.29) is 23.3 Å². The first-order valence-electron chi connectivity index (χ1n) is 12.9. The van der Waals surface area contributed by atoms with Gasteiger partial charge in [-0.3, -0.25) is 4.79 Å². The molecule has 1 aliphatic carbocycles. The van der Waals surface area contributed by atoms with Crippen molar-refractivity contribution in [1.82, 2.24) is 24.6 Å².